The Labute approximate surface area is 210 Å². The Morgan fingerprint density at radius 1 is 1.03 bits per heavy atom. The Morgan fingerprint density at radius 3 is 2.40 bits per heavy atom. The van der Waals surface area contributed by atoms with E-state index in [1.54, 1.807) is 4.90 Å². The van der Waals surface area contributed by atoms with Crippen LogP contribution in [0.25, 0.3) is 0 Å². The summed E-state index contributed by atoms with van der Waals surface area (Å²) < 4.78 is 0. The fourth-order valence-electron chi connectivity index (χ4n) is 9.23. The monoisotopic (exact) mass is 476 g/mol. The number of allylic oxidation sites excluding steroid dienone is 4. The number of nitrogens with zero attached hydrogens (tertiary/aromatic N) is 2. The zero-order chi connectivity index (χ0) is 25.6. The third kappa shape index (κ3) is 3.27. The second-order valence-corrected chi connectivity index (χ2v) is 13.7. The normalized spacial score (nSPS) is 43.9. The van der Waals surface area contributed by atoms with Crippen molar-refractivity contribution in [3.05, 3.63) is 23.3 Å². The molecule has 0 saturated heterocycles. The molecule has 5 nitrogen and oxygen atoms in total. The number of carbonyl (C=O) groups excluding carboxylic acids is 3. The van der Waals surface area contributed by atoms with Gasteiger partial charge >= 0.3 is 0 Å². The number of hydrogen-bond acceptors (Lipinski definition) is 4. The molecule has 0 aromatic heterocycles. The molecule has 1 amide bonds. The number of amides is 1. The first kappa shape index (κ1) is 24.5. The summed E-state index contributed by atoms with van der Waals surface area (Å²) in [6, 6.07) is 2.12. The molecule has 5 aliphatic rings. The third-order valence-corrected chi connectivity index (χ3v) is 11.1. The van der Waals surface area contributed by atoms with Gasteiger partial charge in [0.15, 0.2) is 11.6 Å². The maximum absolute atomic E-state index is 14.1. The Bertz CT molecular complexity index is 1110. The molecule has 3 saturated carbocycles. The van der Waals surface area contributed by atoms with E-state index in [4.69, 9.17) is 0 Å². The molecule has 0 radical (unpaired) electrons. The molecule has 0 aromatic carbocycles. The van der Waals surface area contributed by atoms with E-state index >= 15 is 0 Å². The highest BCUT2D eigenvalue weighted by atomic mass is 16.2. The number of fused-ring (bicyclic) bond motifs is 7. The van der Waals surface area contributed by atoms with Crippen LogP contribution >= 0.6 is 0 Å². The van der Waals surface area contributed by atoms with Gasteiger partial charge in [-0.1, -0.05) is 39.3 Å². The number of hydrogen-bond donors (Lipinski definition) is 0. The number of ketones is 2. The SMILES string of the molecule is CN(C)C(=O)C12CCC3C(C(=O)C=C4C5(C)C=C(C#N)C(=O)CC5CCC43C)C1CC(C)(C)CC2. The lowest BCUT2D eigenvalue weighted by Crippen LogP contribution is -2.61. The molecule has 3 fully saturated rings. The average molecular weight is 477 g/mol. The van der Waals surface area contributed by atoms with Gasteiger partial charge in [-0.05, 0) is 79.6 Å². The van der Waals surface area contributed by atoms with E-state index < -0.39 is 10.8 Å². The quantitative estimate of drug-likeness (QED) is 0.517. The van der Waals surface area contributed by atoms with Gasteiger partial charge in [-0.3, -0.25) is 14.4 Å². The molecule has 0 aromatic rings. The number of rotatable bonds is 1. The highest BCUT2D eigenvalue weighted by Gasteiger charge is 2.65. The molecule has 5 heteroatoms. The second-order valence-electron chi connectivity index (χ2n) is 13.7. The van der Waals surface area contributed by atoms with Crippen LogP contribution in [0.2, 0.25) is 0 Å². The smallest absolute Gasteiger partial charge is 0.228 e. The highest BCUT2D eigenvalue weighted by molar-refractivity contribution is 6.01. The van der Waals surface area contributed by atoms with Crippen LogP contribution in [0.15, 0.2) is 23.3 Å². The summed E-state index contributed by atoms with van der Waals surface area (Å²) in [7, 11) is 3.71. The van der Waals surface area contributed by atoms with E-state index in [-0.39, 0.29) is 57.5 Å². The van der Waals surface area contributed by atoms with Gasteiger partial charge in [-0.25, -0.2) is 0 Å². The number of Topliss-reactive ketones (excluding diaryl/α,β-unsaturated/α-hetero) is 1. The fourth-order valence-corrected chi connectivity index (χ4v) is 9.23. The minimum atomic E-state index is -0.441. The summed E-state index contributed by atoms with van der Waals surface area (Å²) in [5.41, 5.74) is 0.462. The van der Waals surface area contributed by atoms with Gasteiger partial charge in [0.25, 0.3) is 0 Å². The van der Waals surface area contributed by atoms with E-state index in [1.807, 2.05) is 26.2 Å². The van der Waals surface area contributed by atoms with E-state index in [0.29, 0.717) is 6.42 Å². The van der Waals surface area contributed by atoms with Gasteiger partial charge in [-0.2, -0.15) is 5.26 Å². The van der Waals surface area contributed by atoms with Gasteiger partial charge in [0.2, 0.25) is 5.91 Å². The second kappa shape index (κ2) is 7.64. The minimum Gasteiger partial charge on any atom is -0.348 e. The van der Waals surface area contributed by atoms with E-state index in [9.17, 15) is 19.6 Å². The lowest BCUT2D eigenvalue weighted by molar-refractivity contribution is -0.166. The summed E-state index contributed by atoms with van der Waals surface area (Å²) >= 11 is 0. The van der Waals surface area contributed by atoms with Crippen molar-refractivity contribution in [3.8, 4) is 6.07 Å². The molecule has 0 aliphatic heterocycles. The minimum absolute atomic E-state index is 0.0608. The first-order valence-electron chi connectivity index (χ1n) is 13.4. The molecular formula is C30H40N2O3. The van der Waals surface area contributed by atoms with Crippen molar-refractivity contribution in [2.24, 2.45) is 45.3 Å². The van der Waals surface area contributed by atoms with Crippen LogP contribution in [0.3, 0.4) is 0 Å². The third-order valence-electron chi connectivity index (χ3n) is 11.1. The average Bonchev–Trinajstić information content (AvgIpc) is 2.79. The van der Waals surface area contributed by atoms with Crippen LogP contribution in [0.1, 0.15) is 79.1 Å². The van der Waals surface area contributed by atoms with Crippen molar-refractivity contribution >= 4 is 17.5 Å². The molecule has 0 spiro atoms. The summed E-state index contributed by atoms with van der Waals surface area (Å²) in [6.07, 6.45) is 10.6. The molecule has 5 rings (SSSR count). The van der Waals surface area contributed by atoms with Crippen molar-refractivity contribution < 1.29 is 14.4 Å². The molecule has 7 atom stereocenters. The van der Waals surface area contributed by atoms with Crippen molar-refractivity contribution in [2.45, 2.75) is 79.1 Å². The molecule has 0 bridgehead atoms. The van der Waals surface area contributed by atoms with Crippen molar-refractivity contribution in [2.75, 3.05) is 14.1 Å². The Balaban J connectivity index is 1.63. The standard InChI is InChI=1S/C30H40N2O3/c1-27(2)11-12-30(26(35)32(5)6)10-8-20-25(21(30)16-27)23(34)14-24-28(20,3)9-7-19-13-22(33)18(17-31)15-29(19,24)4/h14-15,19-21,25H,7-13,16H2,1-6H3. The van der Waals surface area contributed by atoms with E-state index in [2.05, 4.69) is 33.8 Å². The summed E-state index contributed by atoms with van der Waals surface area (Å²) in [5, 5.41) is 9.61. The summed E-state index contributed by atoms with van der Waals surface area (Å²) in [6.45, 7) is 9.05. The van der Waals surface area contributed by atoms with E-state index in [0.717, 1.165) is 50.5 Å². The molecule has 7 unspecified atom stereocenters. The molecule has 0 heterocycles. The van der Waals surface area contributed by atoms with Gasteiger partial charge in [0.1, 0.15) is 6.07 Å². The first-order valence-corrected chi connectivity index (χ1v) is 13.4. The topological polar surface area (TPSA) is 78.2 Å². The van der Waals surface area contributed by atoms with Gasteiger partial charge < -0.3 is 4.90 Å². The number of carbonyl (C=O) groups is 3. The zero-order valence-electron chi connectivity index (χ0n) is 22.2. The summed E-state index contributed by atoms with van der Waals surface area (Å²) in [4.78, 5) is 42.0. The molecule has 0 N–H and O–H groups in total. The number of nitriles is 1. The molecular weight excluding hydrogens is 436 g/mol. The van der Waals surface area contributed by atoms with Crippen LogP contribution in [0.5, 0.6) is 0 Å². The molecule has 35 heavy (non-hydrogen) atoms. The maximum Gasteiger partial charge on any atom is 0.228 e. The van der Waals surface area contributed by atoms with Crippen molar-refractivity contribution in [3.63, 3.8) is 0 Å². The predicted octanol–water partition coefficient (Wildman–Crippen LogP) is 5.27. The molecule has 188 valence electrons. The Morgan fingerprint density at radius 2 is 1.74 bits per heavy atom. The first-order chi connectivity index (χ1) is 16.3. The lowest BCUT2D eigenvalue weighted by Gasteiger charge is -2.63. The van der Waals surface area contributed by atoms with Gasteiger partial charge in [0.05, 0.1) is 11.0 Å². The van der Waals surface area contributed by atoms with Crippen LogP contribution in [-0.2, 0) is 14.4 Å². The van der Waals surface area contributed by atoms with E-state index in [1.165, 1.54) is 0 Å². The highest BCUT2D eigenvalue weighted by Crippen LogP contribution is 2.69. The zero-order valence-corrected chi connectivity index (χ0v) is 22.2. The largest absolute Gasteiger partial charge is 0.348 e. The lowest BCUT2D eigenvalue weighted by atomic mass is 9.40. The van der Waals surface area contributed by atoms with Crippen LogP contribution in [0.4, 0.5) is 0 Å². The summed E-state index contributed by atoms with van der Waals surface area (Å²) in [5.74, 6) is 0.581. The van der Waals surface area contributed by atoms with Crippen LogP contribution in [0, 0.1) is 56.7 Å². The van der Waals surface area contributed by atoms with Crippen LogP contribution < -0.4 is 0 Å². The van der Waals surface area contributed by atoms with Crippen molar-refractivity contribution in [1.29, 1.82) is 5.26 Å². The Kier molecular flexibility index (Phi) is 5.34. The van der Waals surface area contributed by atoms with Gasteiger partial charge in [-0.15, -0.1) is 0 Å². The molecule has 5 aliphatic carbocycles. The fraction of sp³-hybridized carbons (Fsp3) is 0.733. The van der Waals surface area contributed by atoms with Crippen molar-refractivity contribution in [1.82, 2.24) is 4.90 Å². The van der Waals surface area contributed by atoms with Crippen LogP contribution in [-0.4, -0.2) is 36.5 Å². The maximum atomic E-state index is 14.1. The Hall–Kier alpha value is -2.22. The van der Waals surface area contributed by atoms with Gasteiger partial charge in [0, 0.05) is 31.8 Å². The predicted molar refractivity (Wildman–Crippen MR) is 134 cm³/mol.